The van der Waals surface area contributed by atoms with Gasteiger partial charge in [0.25, 0.3) is 0 Å². The predicted molar refractivity (Wildman–Crippen MR) is 86.8 cm³/mol. The number of anilines is 3. The average Bonchev–Trinajstić information content (AvgIpc) is 2.98. The van der Waals surface area contributed by atoms with E-state index in [4.69, 9.17) is 10.5 Å². The molecular weight excluding hydrogens is 300 g/mol. The summed E-state index contributed by atoms with van der Waals surface area (Å²) in [6.07, 6.45) is 2.10. The van der Waals surface area contributed by atoms with Crippen LogP contribution in [-0.2, 0) is 4.74 Å². The Morgan fingerprint density at radius 1 is 1.17 bits per heavy atom. The molecule has 2 saturated heterocycles. The number of ether oxygens (including phenoxy) is 1. The Labute approximate surface area is 134 Å². The van der Waals surface area contributed by atoms with Crippen molar-refractivity contribution in [2.24, 2.45) is 0 Å². The summed E-state index contributed by atoms with van der Waals surface area (Å²) < 4.78 is 5.71. The summed E-state index contributed by atoms with van der Waals surface area (Å²) in [7, 11) is 0. The number of morpholine rings is 1. The monoisotopic (exact) mass is 322 g/mol. The molecule has 2 aliphatic heterocycles. The summed E-state index contributed by atoms with van der Waals surface area (Å²) in [6, 6.07) is 0. The highest BCUT2D eigenvalue weighted by molar-refractivity contribution is 5.71. The standard InChI is InChI=1S/C14H22N6O3/c1-9-7-19(8-10(2)23-9)14-16-12(15)11(20(21)22)13(17-14)18-5-3-4-6-18/h9-10H,3-8H2,1-2H3,(H2,15,16,17). The van der Waals surface area contributed by atoms with Crippen molar-refractivity contribution in [3.8, 4) is 0 Å². The Kier molecular flexibility index (Phi) is 4.20. The Morgan fingerprint density at radius 2 is 1.78 bits per heavy atom. The first kappa shape index (κ1) is 15.7. The molecule has 0 radical (unpaired) electrons. The van der Waals surface area contributed by atoms with Crippen molar-refractivity contribution < 1.29 is 9.66 Å². The number of hydrogen-bond acceptors (Lipinski definition) is 8. The summed E-state index contributed by atoms with van der Waals surface area (Å²) in [5.74, 6) is 0.701. The largest absolute Gasteiger partial charge is 0.378 e. The summed E-state index contributed by atoms with van der Waals surface area (Å²) in [6.45, 7) is 6.76. The van der Waals surface area contributed by atoms with Gasteiger partial charge in [0, 0.05) is 26.2 Å². The molecule has 0 spiro atoms. The molecule has 0 aliphatic carbocycles. The molecule has 0 aromatic carbocycles. The molecule has 2 N–H and O–H groups in total. The number of hydrogen-bond donors (Lipinski definition) is 1. The first-order valence-corrected chi connectivity index (χ1v) is 7.93. The van der Waals surface area contributed by atoms with Crippen LogP contribution in [0.2, 0.25) is 0 Å². The van der Waals surface area contributed by atoms with Crippen molar-refractivity contribution in [1.29, 1.82) is 0 Å². The Morgan fingerprint density at radius 3 is 2.35 bits per heavy atom. The van der Waals surface area contributed by atoms with Gasteiger partial charge in [-0.25, -0.2) is 0 Å². The number of nitro groups is 1. The van der Waals surface area contributed by atoms with Gasteiger partial charge >= 0.3 is 5.69 Å². The van der Waals surface area contributed by atoms with E-state index in [0.717, 1.165) is 25.9 Å². The van der Waals surface area contributed by atoms with Gasteiger partial charge in [0.05, 0.1) is 17.1 Å². The van der Waals surface area contributed by atoms with Crippen molar-refractivity contribution >= 4 is 23.3 Å². The fraction of sp³-hybridized carbons (Fsp3) is 0.714. The van der Waals surface area contributed by atoms with Crippen molar-refractivity contribution in [2.45, 2.75) is 38.9 Å². The van der Waals surface area contributed by atoms with Gasteiger partial charge in [0.15, 0.2) is 0 Å². The summed E-state index contributed by atoms with van der Waals surface area (Å²) in [5.41, 5.74) is 5.70. The molecule has 0 saturated carbocycles. The molecule has 0 bridgehead atoms. The van der Waals surface area contributed by atoms with Crippen molar-refractivity contribution in [2.75, 3.05) is 41.7 Å². The molecule has 1 aromatic rings. The zero-order chi connectivity index (χ0) is 16.6. The van der Waals surface area contributed by atoms with E-state index in [1.807, 2.05) is 23.6 Å². The molecule has 23 heavy (non-hydrogen) atoms. The molecule has 3 heterocycles. The number of nitrogens with two attached hydrogens (primary N) is 1. The molecule has 1 aromatic heterocycles. The van der Waals surface area contributed by atoms with Gasteiger partial charge in [-0.2, -0.15) is 9.97 Å². The normalized spacial score (nSPS) is 25.0. The molecular formula is C14H22N6O3. The number of nitrogen functional groups attached to an aromatic ring is 1. The van der Waals surface area contributed by atoms with E-state index in [0.29, 0.717) is 24.9 Å². The molecule has 2 atom stereocenters. The third-order valence-corrected chi connectivity index (χ3v) is 4.17. The zero-order valence-electron chi connectivity index (χ0n) is 13.4. The van der Waals surface area contributed by atoms with E-state index in [2.05, 4.69) is 9.97 Å². The quantitative estimate of drug-likeness (QED) is 0.652. The van der Waals surface area contributed by atoms with Gasteiger partial charge in [-0.15, -0.1) is 0 Å². The van der Waals surface area contributed by atoms with Crippen molar-refractivity contribution in [3.05, 3.63) is 10.1 Å². The maximum atomic E-state index is 11.4. The van der Waals surface area contributed by atoms with Gasteiger partial charge < -0.3 is 20.3 Å². The van der Waals surface area contributed by atoms with Crippen LogP contribution in [0, 0.1) is 10.1 Å². The first-order valence-electron chi connectivity index (χ1n) is 7.93. The van der Waals surface area contributed by atoms with Crippen LogP contribution in [0.25, 0.3) is 0 Å². The number of nitrogens with zero attached hydrogens (tertiary/aromatic N) is 5. The number of aromatic nitrogens is 2. The lowest BCUT2D eigenvalue weighted by atomic mass is 10.2. The average molecular weight is 322 g/mol. The zero-order valence-corrected chi connectivity index (χ0v) is 13.4. The van der Waals surface area contributed by atoms with Crippen LogP contribution in [0.4, 0.5) is 23.3 Å². The van der Waals surface area contributed by atoms with Gasteiger partial charge in [-0.1, -0.05) is 0 Å². The third kappa shape index (κ3) is 3.14. The van der Waals surface area contributed by atoms with Crippen molar-refractivity contribution in [1.82, 2.24) is 9.97 Å². The smallest absolute Gasteiger partial charge is 0.353 e. The minimum Gasteiger partial charge on any atom is -0.378 e. The van der Waals surface area contributed by atoms with E-state index in [-0.39, 0.29) is 23.7 Å². The second-order valence-corrected chi connectivity index (χ2v) is 6.19. The van der Waals surface area contributed by atoms with E-state index in [1.54, 1.807) is 0 Å². The lowest BCUT2D eigenvalue weighted by Gasteiger charge is -2.35. The van der Waals surface area contributed by atoms with Crippen LogP contribution in [0.15, 0.2) is 0 Å². The predicted octanol–water partition coefficient (Wildman–Crippen LogP) is 1.18. The molecule has 0 amide bonds. The maximum Gasteiger partial charge on any atom is 0.353 e. The van der Waals surface area contributed by atoms with Crippen molar-refractivity contribution in [3.63, 3.8) is 0 Å². The first-order chi connectivity index (χ1) is 11.0. The van der Waals surface area contributed by atoms with Gasteiger partial charge in [-0.05, 0) is 26.7 Å². The van der Waals surface area contributed by atoms with E-state index in [9.17, 15) is 10.1 Å². The van der Waals surface area contributed by atoms with Crippen LogP contribution in [0.3, 0.4) is 0 Å². The summed E-state index contributed by atoms with van der Waals surface area (Å²) in [5, 5.41) is 11.4. The van der Waals surface area contributed by atoms with E-state index >= 15 is 0 Å². The Bertz CT molecular complexity index is 594. The van der Waals surface area contributed by atoms with Gasteiger partial charge in [-0.3, -0.25) is 10.1 Å². The lowest BCUT2D eigenvalue weighted by molar-refractivity contribution is -0.383. The van der Waals surface area contributed by atoms with E-state index in [1.165, 1.54) is 0 Å². The fourth-order valence-electron chi connectivity index (χ4n) is 3.26. The highest BCUT2D eigenvalue weighted by Gasteiger charge is 2.31. The van der Waals surface area contributed by atoms with Crippen LogP contribution in [-0.4, -0.2) is 53.3 Å². The SMILES string of the molecule is CC1CN(c2nc(N)c([N+](=O)[O-])c(N3CCCC3)n2)CC(C)O1. The highest BCUT2D eigenvalue weighted by Crippen LogP contribution is 2.35. The summed E-state index contributed by atoms with van der Waals surface area (Å²) in [4.78, 5) is 23.5. The molecule has 9 heteroatoms. The molecule has 2 fully saturated rings. The Balaban J connectivity index is 2.00. The lowest BCUT2D eigenvalue weighted by Crippen LogP contribution is -2.46. The molecule has 3 rings (SSSR count). The Hall–Kier alpha value is -2.16. The summed E-state index contributed by atoms with van der Waals surface area (Å²) >= 11 is 0. The van der Waals surface area contributed by atoms with E-state index < -0.39 is 4.92 Å². The maximum absolute atomic E-state index is 11.4. The van der Waals surface area contributed by atoms with Crippen LogP contribution in [0.5, 0.6) is 0 Å². The van der Waals surface area contributed by atoms with Gasteiger partial charge in [0.2, 0.25) is 17.6 Å². The minimum absolute atomic E-state index is 0.0500. The number of rotatable bonds is 3. The van der Waals surface area contributed by atoms with Gasteiger partial charge in [0.1, 0.15) is 0 Å². The minimum atomic E-state index is -0.489. The molecule has 9 nitrogen and oxygen atoms in total. The fourth-order valence-corrected chi connectivity index (χ4v) is 3.26. The second-order valence-electron chi connectivity index (χ2n) is 6.19. The topological polar surface area (TPSA) is 111 Å². The second kappa shape index (κ2) is 6.15. The molecule has 126 valence electrons. The van der Waals surface area contributed by atoms with Crippen LogP contribution in [0.1, 0.15) is 26.7 Å². The van der Waals surface area contributed by atoms with Crippen LogP contribution >= 0.6 is 0 Å². The van der Waals surface area contributed by atoms with Crippen LogP contribution < -0.4 is 15.5 Å². The molecule has 2 aliphatic rings. The third-order valence-electron chi connectivity index (χ3n) is 4.17. The molecule has 2 unspecified atom stereocenters. The highest BCUT2D eigenvalue weighted by atomic mass is 16.6.